The molecule has 1 heterocycles. The molecule has 1 aromatic heterocycles. The van der Waals surface area contributed by atoms with Gasteiger partial charge in [0.15, 0.2) is 0 Å². The largest absolute Gasteiger partial charge is 0.261 e. The maximum atomic E-state index is 4.49. The molecule has 0 aliphatic heterocycles. The Hall–Kier alpha value is -0.850. The van der Waals surface area contributed by atoms with E-state index in [2.05, 4.69) is 30.2 Å². The average Bonchev–Trinajstić information content (AvgIpc) is 2.99. The average molecular weight is 175 g/mol. The van der Waals surface area contributed by atoms with E-state index in [4.69, 9.17) is 0 Å². The molecule has 0 unspecified atom stereocenters. The normalized spacial score (nSPS) is 16.1. The molecule has 0 spiro atoms. The summed E-state index contributed by atoms with van der Waals surface area (Å²) in [6.07, 6.45) is 8.50. The van der Waals surface area contributed by atoms with Gasteiger partial charge in [0.2, 0.25) is 0 Å². The number of hydrogen-bond acceptors (Lipinski definition) is 1. The van der Waals surface area contributed by atoms with Gasteiger partial charge in [-0.05, 0) is 37.3 Å². The van der Waals surface area contributed by atoms with Crippen LogP contribution in [0.3, 0.4) is 0 Å². The summed E-state index contributed by atoms with van der Waals surface area (Å²) in [5.41, 5.74) is 2.70. The van der Waals surface area contributed by atoms with Gasteiger partial charge in [-0.15, -0.1) is 0 Å². The fourth-order valence-electron chi connectivity index (χ4n) is 1.59. The predicted octanol–water partition coefficient (Wildman–Crippen LogP) is 3.30. The second-order valence-corrected chi connectivity index (χ2v) is 3.97. The molecule has 2 rings (SSSR count). The molecule has 0 bridgehead atoms. The van der Waals surface area contributed by atoms with Crippen molar-refractivity contribution in [2.45, 2.75) is 44.9 Å². The molecule has 0 saturated heterocycles. The number of hydrogen-bond donors (Lipinski definition) is 0. The van der Waals surface area contributed by atoms with Gasteiger partial charge in [-0.1, -0.05) is 19.4 Å². The van der Waals surface area contributed by atoms with Gasteiger partial charge in [0, 0.05) is 17.8 Å². The topological polar surface area (TPSA) is 12.9 Å². The smallest absolute Gasteiger partial charge is 0.0434 e. The minimum atomic E-state index is 0.792. The summed E-state index contributed by atoms with van der Waals surface area (Å²) in [7, 11) is 0. The summed E-state index contributed by atoms with van der Waals surface area (Å²) in [6, 6.07) is 4.46. The summed E-state index contributed by atoms with van der Waals surface area (Å²) >= 11 is 0. The molecule has 13 heavy (non-hydrogen) atoms. The zero-order valence-electron chi connectivity index (χ0n) is 8.29. The van der Waals surface area contributed by atoms with Crippen molar-refractivity contribution in [2.24, 2.45) is 0 Å². The summed E-state index contributed by atoms with van der Waals surface area (Å²) in [5.74, 6) is 0.792. The highest BCUT2D eigenvalue weighted by Crippen LogP contribution is 2.38. The summed E-state index contributed by atoms with van der Waals surface area (Å²) in [4.78, 5) is 4.49. The van der Waals surface area contributed by atoms with Crippen molar-refractivity contribution < 1.29 is 0 Å². The first-order chi connectivity index (χ1) is 6.40. The lowest BCUT2D eigenvalue weighted by atomic mass is 10.1. The SMILES string of the molecule is CCCCc1ccc(C2CC2)nc1. The fourth-order valence-corrected chi connectivity index (χ4v) is 1.59. The lowest BCUT2D eigenvalue weighted by molar-refractivity contribution is 0.790. The predicted molar refractivity (Wildman–Crippen MR) is 54.8 cm³/mol. The van der Waals surface area contributed by atoms with Crippen LogP contribution in [-0.4, -0.2) is 4.98 Å². The lowest BCUT2D eigenvalue weighted by Crippen LogP contribution is -1.90. The Morgan fingerprint density at radius 3 is 2.77 bits per heavy atom. The van der Waals surface area contributed by atoms with Crippen molar-refractivity contribution in [1.82, 2.24) is 4.98 Å². The molecule has 1 saturated carbocycles. The molecule has 70 valence electrons. The van der Waals surface area contributed by atoms with E-state index < -0.39 is 0 Å². The molecule has 1 fully saturated rings. The van der Waals surface area contributed by atoms with Gasteiger partial charge in [-0.2, -0.15) is 0 Å². The first kappa shape index (κ1) is 8.74. The molecule has 1 aliphatic carbocycles. The fraction of sp³-hybridized carbons (Fsp3) is 0.583. The van der Waals surface area contributed by atoms with Crippen molar-refractivity contribution in [3.05, 3.63) is 29.6 Å². The van der Waals surface area contributed by atoms with Gasteiger partial charge in [-0.3, -0.25) is 4.98 Å². The van der Waals surface area contributed by atoms with E-state index in [0.29, 0.717) is 0 Å². The van der Waals surface area contributed by atoms with Gasteiger partial charge >= 0.3 is 0 Å². The number of unbranched alkanes of at least 4 members (excludes halogenated alkanes) is 1. The van der Waals surface area contributed by atoms with E-state index in [1.54, 1.807) is 0 Å². The minimum Gasteiger partial charge on any atom is -0.261 e. The maximum Gasteiger partial charge on any atom is 0.0434 e. The Morgan fingerprint density at radius 1 is 1.38 bits per heavy atom. The van der Waals surface area contributed by atoms with E-state index in [0.717, 1.165) is 5.92 Å². The number of nitrogens with zero attached hydrogens (tertiary/aromatic N) is 1. The van der Waals surface area contributed by atoms with Crippen molar-refractivity contribution in [3.63, 3.8) is 0 Å². The molecule has 0 atom stereocenters. The third kappa shape index (κ3) is 2.30. The van der Waals surface area contributed by atoms with Crippen LogP contribution in [0.5, 0.6) is 0 Å². The second-order valence-electron chi connectivity index (χ2n) is 3.97. The molecule has 0 aromatic carbocycles. The van der Waals surface area contributed by atoms with Crippen LogP contribution in [0.2, 0.25) is 0 Å². The number of pyridine rings is 1. The molecule has 0 N–H and O–H groups in total. The monoisotopic (exact) mass is 175 g/mol. The first-order valence-corrected chi connectivity index (χ1v) is 5.35. The van der Waals surface area contributed by atoms with E-state index >= 15 is 0 Å². The molecule has 1 aliphatic rings. The van der Waals surface area contributed by atoms with Crippen LogP contribution in [0, 0.1) is 0 Å². The highest BCUT2D eigenvalue weighted by molar-refractivity contribution is 5.19. The Kier molecular flexibility index (Phi) is 2.62. The summed E-state index contributed by atoms with van der Waals surface area (Å²) in [6.45, 7) is 2.23. The molecular weight excluding hydrogens is 158 g/mol. The van der Waals surface area contributed by atoms with Gasteiger partial charge in [0.1, 0.15) is 0 Å². The minimum absolute atomic E-state index is 0.792. The highest BCUT2D eigenvalue weighted by Gasteiger charge is 2.24. The highest BCUT2D eigenvalue weighted by atomic mass is 14.7. The van der Waals surface area contributed by atoms with E-state index in [1.807, 2.05) is 0 Å². The summed E-state index contributed by atoms with van der Waals surface area (Å²) < 4.78 is 0. The van der Waals surface area contributed by atoms with Crippen LogP contribution in [0.1, 0.15) is 49.8 Å². The van der Waals surface area contributed by atoms with Gasteiger partial charge < -0.3 is 0 Å². The van der Waals surface area contributed by atoms with E-state index in [9.17, 15) is 0 Å². The van der Waals surface area contributed by atoms with E-state index in [1.165, 1.54) is 43.4 Å². The molecule has 0 amide bonds. The zero-order valence-corrected chi connectivity index (χ0v) is 8.29. The Balaban J connectivity index is 1.96. The Labute approximate surface area is 80.2 Å². The number of aromatic nitrogens is 1. The van der Waals surface area contributed by atoms with Gasteiger partial charge in [0.25, 0.3) is 0 Å². The van der Waals surface area contributed by atoms with Gasteiger partial charge in [-0.25, -0.2) is 0 Å². The standard InChI is InChI=1S/C12H17N/c1-2-3-4-10-5-8-12(13-9-10)11-6-7-11/h5,8-9,11H,2-4,6-7H2,1H3. The Morgan fingerprint density at radius 2 is 2.23 bits per heavy atom. The van der Waals surface area contributed by atoms with Crippen molar-refractivity contribution in [2.75, 3.05) is 0 Å². The van der Waals surface area contributed by atoms with Crippen molar-refractivity contribution >= 4 is 0 Å². The van der Waals surface area contributed by atoms with Crippen LogP contribution in [-0.2, 0) is 6.42 Å². The third-order valence-corrected chi connectivity index (χ3v) is 2.66. The maximum absolute atomic E-state index is 4.49. The van der Waals surface area contributed by atoms with Crippen LogP contribution in [0.4, 0.5) is 0 Å². The molecular formula is C12H17N. The van der Waals surface area contributed by atoms with Crippen LogP contribution in [0.25, 0.3) is 0 Å². The first-order valence-electron chi connectivity index (χ1n) is 5.35. The summed E-state index contributed by atoms with van der Waals surface area (Å²) in [5, 5.41) is 0. The molecule has 0 radical (unpaired) electrons. The van der Waals surface area contributed by atoms with Crippen LogP contribution in [0.15, 0.2) is 18.3 Å². The Bertz CT molecular complexity index is 259. The van der Waals surface area contributed by atoms with Crippen LogP contribution < -0.4 is 0 Å². The number of aryl methyl sites for hydroxylation is 1. The molecule has 1 nitrogen and oxygen atoms in total. The van der Waals surface area contributed by atoms with Crippen molar-refractivity contribution in [1.29, 1.82) is 0 Å². The third-order valence-electron chi connectivity index (χ3n) is 2.66. The van der Waals surface area contributed by atoms with Gasteiger partial charge in [0.05, 0.1) is 0 Å². The second kappa shape index (κ2) is 3.91. The van der Waals surface area contributed by atoms with E-state index in [-0.39, 0.29) is 0 Å². The lowest BCUT2D eigenvalue weighted by Gasteiger charge is -2.00. The zero-order chi connectivity index (χ0) is 9.10. The molecule has 1 aromatic rings. The number of rotatable bonds is 4. The molecule has 1 heteroatoms. The van der Waals surface area contributed by atoms with Crippen LogP contribution >= 0.6 is 0 Å². The quantitative estimate of drug-likeness (QED) is 0.684. The van der Waals surface area contributed by atoms with Crippen molar-refractivity contribution in [3.8, 4) is 0 Å².